The van der Waals surface area contributed by atoms with Crippen LogP contribution < -0.4 is 10.1 Å². The van der Waals surface area contributed by atoms with Crippen LogP contribution in [-0.2, 0) is 16.0 Å². The van der Waals surface area contributed by atoms with Gasteiger partial charge in [-0.1, -0.05) is 11.3 Å². The number of nitrogens with zero attached hydrogens (tertiary/aromatic N) is 6. The molecule has 0 spiro atoms. The summed E-state index contributed by atoms with van der Waals surface area (Å²) in [6, 6.07) is 2.20. The molecule has 3 heterocycles. The number of nitrogens with one attached hydrogen (secondary N) is 1. The first-order chi connectivity index (χ1) is 18.2. The molecular formula is C26H35N7O4S. The average Bonchev–Trinajstić information content (AvgIpc) is 3.36. The predicted octanol–water partition coefficient (Wildman–Crippen LogP) is 5.08. The second kappa shape index (κ2) is 12.4. The first-order valence-electron chi connectivity index (χ1n) is 12.7. The molecule has 0 aromatic carbocycles. The number of thiazole rings is 1. The molecule has 1 saturated carbocycles. The molecule has 0 radical (unpaired) electrons. The second-order valence-corrected chi connectivity index (χ2v) is 11.4. The lowest BCUT2D eigenvalue weighted by molar-refractivity contribution is 0.0285. The molecule has 0 atom stereocenters. The largest absolute Gasteiger partial charge is 0.463 e. The van der Waals surface area contributed by atoms with Gasteiger partial charge in [0.15, 0.2) is 5.13 Å². The van der Waals surface area contributed by atoms with E-state index in [0.29, 0.717) is 42.3 Å². The van der Waals surface area contributed by atoms with Gasteiger partial charge in [0.25, 0.3) is 0 Å². The summed E-state index contributed by atoms with van der Waals surface area (Å²) < 4.78 is 16.7. The Balaban J connectivity index is 1.30. The van der Waals surface area contributed by atoms with E-state index < -0.39 is 11.7 Å². The maximum Gasteiger partial charge on any atom is 0.410 e. The van der Waals surface area contributed by atoms with Gasteiger partial charge < -0.3 is 24.4 Å². The Morgan fingerprint density at radius 1 is 1.11 bits per heavy atom. The molecule has 3 aromatic rings. The minimum Gasteiger partial charge on any atom is -0.463 e. The number of amides is 1. The molecule has 38 heavy (non-hydrogen) atoms. The van der Waals surface area contributed by atoms with Crippen LogP contribution in [0.3, 0.4) is 0 Å². The normalized spacial score (nSPS) is 17.6. The van der Waals surface area contributed by atoms with Crippen LogP contribution in [0.15, 0.2) is 30.9 Å². The van der Waals surface area contributed by atoms with E-state index >= 15 is 0 Å². The number of carbonyl (C=O) groups excluding carboxylic acids is 1. The smallest absolute Gasteiger partial charge is 0.410 e. The SMILES string of the molecule is COC1CCC(COc2nccc(-c3cnc(Nc4ncc(CN(C)C(=O)OC(C)(C)C)cn4)s3)n2)CC1. The van der Waals surface area contributed by atoms with Gasteiger partial charge in [0, 0.05) is 44.5 Å². The van der Waals surface area contributed by atoms with E-state index in [4.69, 9.17) is 14.2 Å². The van der Waals surface area contributed by atoms with Gasteiger partial charge in [-0.25, -0.2) is 24.7 Å². The van der Waals surface area contributed by atoms with Gasteiger partial charge in [0.1, 0.15) is 5.60 Å². The third-order valence-corrected chi connectivity index (χ3v) is 6.95. The molecule has 1 fully saturated rings. The standard InChI is InChI=1S/C26H35N7O4S/c1-26(2,3)37-25(34)33(4)15-18-12-28-22(29-13-18)32-24-30-14-21(38-24)20-10-11-27-23(31-20)36-16-17-6-8-19(35-5)9-7-17/h10-14,17,19H,6-9,15-16H2,1-5H3,(H,28,29,30,32). The van der Waals surface area contributed by atoms with Crippen LogP contribution in [0.5, 0.6) is 6.01 Å². The third-order valence-electron chi connectivity index (χ3n) is 6.02. The summed E-state index contributed by atoms with van der Waals surface area (Å²) in [6.07, 6.45) is 11.1. The highest BCUT2D eigenvalue weighted by atomic mass is 32.1. The van der Waals surface area contributed by atoms with E-state index in [1.165, 1.54) is 16.2 Å². The lowest BCUT2D eigenvalue weighted by Crippen LogP contribution is -2.33. The molecule has 11 nitrogen and oxygen atoms in total. The summed E-state index contributed by atoms with van der Waals surface area (Å²) in [5, 5.41) is 3.75. The van der Waals surface area contributed by atoms with Gasteiger partial charge in [-0.15, -0.1) is 0 Å². The quantitative estimate of drug-likeness (QED) is 0.392. The van der Waals surface area contributed by atoms with Crippen molar-refractivity contribution in [2.24, 2.45) is 5.92 Å². The first-order valence-corrected chi connectivity index (χ1v) is 13.5. The lowest BCUT2D eigenvalue weighted by atomic mass is 9.88. The number of carbonyl (C=O) groups is 1. The van der Waals surface area contributed by atoms with Gasteiger partial charge in [-0.05, 0) is 58.4 Å². The zero-order chi connectivity index (χ0) is 27.1. The lowest BCUT2D eigenvalue weighted by Gasteiger charge is -2.27. The highest BCUT2D eigenvalue weighted by molar-refractivity contribution is 7.18. The number of rotatable bonds is 9. The van der Waals surface area contributed by atoms with Crippen LogP contribution >= 0.6 is 11.3 Å². The van der Waals surface area contributed by atoms with Crippen LogP contribution in [0.2, 0.25) is 0 Å². The molecular weight excluding hydrogens is 506 g/mol. The minimum absolute atomic E-state index is 0.336. The molecule has 1 aliphatic carbocycles. The van der Waals surface area contributed by atoms with E-state index in [1.807, 2.05) is 26.8 Å². The first kappa shape index (κ1) is 27.6. The Hall–Kier alpha value is -3.38. The fourth-order valence-electron chi connectivity index (χ4n) is 4.00. The average molecular weight is 542 g/mol. The Bertz CT molecular complexity index is 1190. The zero-order valence-corrected chi connectivity index (χ0v) is 23.3. The number of methoxy groups -OCH3 is 1. The molecule has 0 saturated heterocycles. The summed E-state index contributed by atoms with van der Waals surface area (Å²) in [5.74, 6) is 0.904. The summed E-state index contributed by atoms with van der Waals surface area (Å²) >= 11 is 1.43. The second-order valence-electron chi connectivity index (χ2n) is 10.3. The monoisotopic (exact) mass is 541 g/mol. The zero-order valence-electron chi connectivity index (χ0n) is 22.5. The van der Waals surface area contributed by atoms with Gasteiger partial charge in [0.2, 0.25) is 5.95 Å². The van der Waals surface area contributed by atoms with Crippen molar-refractivity contribution in [2.75, 3.05) is 26.1 Å². The fraction of sp³-hybridized carbons (Fsp3) is 0.538. The maximum atomic E-state index is 12.2. The van der Waals surface area contributed by atoms with E-state index in [0.717, 1.165) is 41.8 Å². The Morgan fingerprint density at radius 3 is 2.53 bits per heavy atom. The number of aromatic nitrogens is 5. The molecule has 0 bridgehead atoms. The van der Waals surface area contributed by atoms with Gasteiger partial charge >= 0.3 is 12.1 Å². The van der Waals surface area contributed by atoms with E-state index in [1.54, 1.807) is 38.9 Å². The van der Waals surface area contributed by atoms with Crippen LogP contribution in [0.25, 0.3) is 10.6 Å². The third kappa shape index (κ3) is 8.06. The highest BCUT2D eigenvalue weighted by Crippen LogP contribution is 2.30. The topological polar surface area (TPSA) is 124 Å². The van der Waals surface area contributed by atoms with Crippen molar-refractivity contribution in [3.8, 4) is 16.6 Å². The van der Waals surface area contributed by atoms with Crippen molar-refractivity contribution in [3.05, 3.63) is 36.4 Å². The van der Waals surface area contributed by atoms with Gasteiger partial charge in [0.05, 0.1) is 29.8 Å². The Labute approximate surface area is 227 Å². The van der Waals surface area contributed by atoms with Crippen molar-refractivity contribution in [1.29, 1.82) is 0 Å². The van der Waals surface area contributed by atoms with E-state index in [-0.39, 0.29) is 0 Å². The van der Waals surface area contributed by atoms with Crippen molar-refractivity contribution in [3.63, 3.8) is 0 Å². The van der Waals surface area contributed by atoms with Gasteiger partial charge in [-0.3, -0.25) is 0 Å². The van der Waals surface area contributed by atoms with Crippen LogP contribution in [0.1, 0.15) is 52.0 Å². The molecule has 4 rings (SSSR count). The molecule has 12 heteroatoms. The molecule has 0 unspecified atom stereocenters. The van der Waals surface area contributed by atoms with Crippen molar-refractivity contribution in [2.45, 2.75) is 64.7 Å². The number of anilines is 2. The highest BCUT2D eigenvalue weighted by Gasteiger charge is 2.22. The van der Waals surface area contributed by atoms with E-state index in [9.17, 15) is 4.79 Å². The molecule has 1 aliphatic rings. The molecule has 3 aromatic heterocycles. The van der Waals surface area contributed by atoms with Crippen LogP contribution in [0.4, 0.5) is 15.9 Å². The predicted molar refractivity (Wildman–Crippen MR) is 144 cm³/mol. The molecule has 204 valence electrons. The fourth-order valence-corrected chi connectivity index (χ4v) is 4.78. The molecule has 1 N–H and O–H groups in total. The molecule has 0 aliphatic heterocycles. The summed E-state index contributed by atoms with van der Waals surface area (Å²) in [6.45, 7) is 6.44. The van der Waals surface area contributed by atoms with Crippen molar-refractivity contribution < 1.29 is 19.0 Å². The molecule has 1 amide bonds. The van der Waals surface area contributed by atoms with Gasteiger partial charge in [-0.2, -0.15) is 4.98 Å². The number of hydrogen-bond acceptors (Lipinski definition) is 11. The Morgan fingerprint density at radius 2 is 1.84 bits per heavy atom. The number of hydrogen-bond donors (Lipinski definition) is 1. The van der Waals surface area contributed by atoms with Crippen molar-refractivity contribution in [1.82, 2.24) is 29.8 Å². The Kier molecular flexibility index (Phi) is 9.05. The minimum atomic E-state index is -0.549. The van der Waals surface area contributed by atoms with Crippen molar-refractivity contribution >= 4 is 28.5 Å². The summed E-state index contributed by atoms with van der Waals surface area (Å²) in [7, 11) is 3.45. The maximum absolute atomic E-state index is 12.2. The summed E-state index contributed by atoms with van der Waals surface area (Å²) in [4.78, 5) is 36.5. The van der Waals surface area contributed by atoms with Crippen LogP contribution in [0, 0.1) is 5.92 Å². The number of ether oxygens (including phenoxy) is 3. The summed E-state index contributed by atoms with van der Waals surface area (Å²) in [5.41, 5.74) is 0.973. The van der Waals surface area contributed by atoms with E-state index in [2.05, 4.69) is 30.2 Å². The van der Waals surface area contributed by atoms with Crippen LogP contribution in [-0.4, -0.2) is 68.4 Å².